The quantitative estimate of drug-likeness (QED) is 0.0594. The van der Waals surface area contributed by atoms with E-state index in [0.717, 1.165) is 35.2 Å². The Kier molecular flexibility index (Phi) is 19.7. The lowest BCUT2D eigenvalue weighted by Crippen LogP contribution is -2.35. The van der Waals surface area contributed by atoms with Crippen LogP contribution in [-0.4, -0.2) is 107 Å². The second-order valence-corrected chi connectivity index (χ2v) is 19.9. The lowest BCUT2D eigenvalue weighted by Gasteiger charge is -2.17. The number of anilines is 3. The van der Waals surface area contributed by atoms with Gasteiger partial charge in [-0.05, 0) is 18.2 Å². The van der Waals surface area contributed by atoms with Crippen LogP contribution in [0.3, 0.4) is 0 Å². The van der Waals surface area contributed by atoms with Crippen molar-refractivity contribution < 1.29 is 66.4 Å². The van der Waals surface area contributed by atoms with Crippen molar-refractivity contribution in [2.75, 3.05) is 32.9 Å². The van der Waals surface area contributed by atoms with Crippen LogP contribution in [0.25, 0.3) is 32.7 Å². The van der Waals surface area contributed by atoms with Gasteiger partial charge in [-0.2, -0.15) is 15.3 Å². The molecule has 3 aromatic heterocycles. The second-order valence-electron chi connectivity index (χ2n) is 13.0. The van der Waals surface area contributed by atoms with Crippen molar-refractivity contribution in [2.24, 2.45) is 0 Å². The Morgan fingerprint density at radius 2 is 0.928 bits per heavy atom. The summed E-state index contributed by atoms with van der Waals surface area (Å²) in [6.45, 7) is 1.14. The number of nitrogens with one attached hydrogen (secondary N) is 1. The van der Waals surface area contributed by atoms with Crippen LogP contribution in [0.5, 0.6) is 0 Å². The Balaban J connectivity index is 0.000000351. The summed E-state index contributed by atoms with van der Waals surface area (Å²) < 4.78 is 150. The van der Waals surface area contributed by atoms with Gasteiger partial charge in [0.15, 0.2) is 17.5 Å². The van der Waals surface area contributed by atoms with Crippen molar-refractivity contribution >= 4 is 132 Å². The molecule has 0 saturated heterocycles. The van der Waals surface area contributed by atoms with E-state index in [0.29, 0.717) is 21.9 Å². The number of alkyl halides is 6. The summed E-state index contributed by atoms with van der Waals surface area (Å²) in [6.07, 6.45) is -6.61. The van der Waals surface area contributed by atoms with E-state index in [4.69, 9.17) is 40.5 Å². The Labute approximate surface area is 401 Å². The zero-order chi connectivity index (χ0) is 52.1. The van der Waals surface area contributed by atoms with E-state index in [1.807, 2.05) is 18.6 Å². The van der Waals surface area contributed by atoms with Gasteiger partial charge in [0.2, 0.25) is 30.1 Å². The normalized spacial score (nSPS) is 11.7. The summed E-state index contributed by atoms with van der Waals surface area (Å²) in [5, 5.41) is 43.4. The molecule has 0 aliphatic rings. The number of nitrogens with zero attached hydrogens (tertiary/aromatic N) is 10. The van der Waals surface area contributed by atoms with Crippen LogP contribution in [0.15, 0.2) is 36.4 Å². The van der Waals surface area contributed by atoms with E-state index < -0.39 is 112 Å². The summed E-state index contributed by atoms with van der Waals surface area (Å²) >= 11 is 17.7. The van der Waals surface area contributed by atoms with Crippen molar-refractivity contribution in [1.82, 2.24) is 29.3 Å². The first-order chi connectivity index (χ1) is 31.3. The van der Waals surface area contributed by atoms with E-state index >= 15 is 0 Å². The van der Waals surface area contributed by atoms with Crippen LogP contribution in [0, 0.1) is 30.3 Å². The molecule has 0 aliphatic heterocycles. The molecule has 6 aromatic rings. The smallest absolute Gasteiger partial charge is 0.295 e. The zero-order valence-electron chi connectivity index (χ0n) is 34.9. The average Bonchev–Trinajstić information content (AvgIpc) is 3.82. The van der Waals surface area contributed by atoms with Crippen LogP contribution in [0.4, 0.5) is 60.9 Å². The first-order valence-electron chi connectivity index (χ1n) is 18.0. The Morgan fingerprint density at radius 1 is 0.609 bits per heavy atom. The monoisotopic (exact) mass is 1110 g/mol. The van der Waals surface area contributed by atoms with Gasteiger partial charge in [0.25, 0.3) is 36.3 Å². The molecule has 69 heavy (non-hydrogen) atoms. The van der Waals surface area contributed by atoms with Gasteiger partial charge in [-0.25, -0.2) is 65.6 Å². The zero-order valence-corrected chi connectivity index (χ0v) is 39.6. The fourth-order valence-electron chi connectivity index (χ4n) is 5.96. The number of non-ortho nitro benzene ring substituents is 3. The van der Waals surface area contributed by atoms with E-state index in [1.165, 1.54) is 12.1 Å². The number of rotatable bonds is 14. The molecule has 0 aliphatic carbocycles. The number of nitro groups is 3. The van der Waals surface area contributed by atoms with E-state index in [9.17, 15) is 81.9 Å². The topological polar surface area (TPSA) is 327 Å². The first-order valence-corrected chi connectivity index (χ1v) is 24.8. The molecule has 0 atom stereocenters. The lowest BCUT2D eigenvalue weighted by molar-refractivity contribution is -0.383. The number of fused-ring (bicyclic) bond motifs is 3. The predicted octanol–water partition coefficient (Wildman–Crippen LogP) is 7.93. The number of nitrogen functional groups attached to an aromatic ring is 1. The number of hydrogen-bond acceptors (Lipinski definition) is 16. The summed E-state index contributed by atoms with van der Waals surface area (Å²) in [7, 11) is -12.7. The molecule has 3 N–H and O–H groups in total. The van der Waals surface area contributed by atoms with Gasteiger partial charge in [0.05, 0.1) is 64.8 Å². The number of aromatic nitrogens is 6. The summed E-state index contributed by atoms with van der Waals surface area (Å²) in [5.74, 6) is -1.27. The molecule has 3 aromatic carbocycles. The minimum atomic E-state index is -4.48. The Bertz CT molecular complexity index is 3220. The van der Waals surface area contributed by atoms with Gasteiger partial charge < -0.3 is 5.73 Å². The number of halogens is 9. The lowest BCUT2D eigenvalue weighted by atomic mass is 10.2. The van der Waals surface area contributed by atoms with Gasteiger partial charge in [-0.3, -0.25) is 35.1 Å². The molecule has 0 fully saturated rings. The molecule has 0 amide bonds. The molecular formula is C33H37Cl3F6N12O12S3. The van der Waals surface area contributed by atoms with Crippen LogP contribution < -0.4 is 14.2 Å². The standard InChI is InChI=1S/C11H11ClF2N4O6S2.C10H9ClF2N4O4S.C9H7ClF2N4O2.C2H6.CH4/c1-25(21,22)18(26(2,23)24)11-9-6(12)3-4-7(17(19)20)10(9)16(15-11)5-8(13)14;1-22(20,21)15-10-8-5(11)2-3-6(17(18)19)9(8)16(14-10)4-7(12)13;10-4-1-2-5(16(17)18)8-7(4)9(13)14-15(8)3-6(11)12;1-2;/h3-4,8H,5H2,1-2H3;2-3,7H,4H2,1H3,(H,14,15);1-2,6H,3H2,(H2,13,14);1-2H3;1H4. The highest BCUT2D eigenvalue weighted by Gasteiger charge is 2.36. The van der Waals surface area contributed by atoms with Crippen molar-refractivity contribution in [3.63, 3.8) is 0 Å². The number of hydrogen-bond donors (Lipinski definition) is 2. The third-order valence-electron chi connectivity index (χ3n) is 8.05. The van der Waals surface area contributed by atoms with Crippen molar-refractivity contribution in [3.8, 4) is 0 Å². The van der Waals surface area contributed by atoms with E-state index in [2.05, 4.69) is 15.3 Å². The molecule has 24 nitrogen and oxygen atoms in total. The molecule has 382 valence electrons. The number of benzene rings is 3. The number of nitrogens with two attached hydrogens (primary N) is 1. The van der Waals surface area contributed by atoms with Gasteiger partial charge in [0.1, 0.15) is 36.2 Å². The molecule has 3 heterocycles. The molecule has 0 unspecified atom stereocenters. The summed E-state index contributed by atoms with van der Waals surface area (Å²) in [6, 6.07) is 6.56. The van der Waals surface area contributed by atoms with E-state index in [1.54, 1.807) is 0 Å². The molecule has 0 radical (unpaired) electrons. The van der Waals surface area contributed by atoms with Crippen molar-refractivity contribution in [1.29, 1.82) is 0 Å². The van der Waals surface area contributed by atoms with Crippen LogP contribution >= 0.6 is 34.8 Å². The molecule has 0 bridgehead atoms. The predicted molar refractivity (Wildman–Crippen MR) is 245 cm³/mol. The number of nitro benzene ring substituents is 3. The average molecular weight is 1110 g/mol. The van der Waals surface area contributed by atoms with Crippen molar-refractivity contribution in [2.45, 2.75) is 60.2 Å². The highest BCUT2D eigenvalue weighted by molar-refractivity contribution is 8.09. The maximum Gasteiger partial charge on any atom is 0.295 e. The van der Waals surface area contributed by atoms with Gasteiger partial charge in [-0.1, -0.05) is 56.1 Å². The number of sulfonamides is 3. The fourth-order valence-corrected chi connectivity index (χ4v) is 10.0. The Morgan fingerprint density at radius 3 is 1.28 bits per heavy atom. The first kappa shape index (κ1) is 59.1. The van der Waals surface area contributed by atoms with Crippen molar-refractivity contribution in [3.05, 3.63) is 81.8 Å². The van der Waals surface area contributed by atoms with Crippen LogP contribution in [-0.2, 0) is 49.7 Å². The van der Waals surface area contributed by atoms with Gasteiger partial charge in [-0.15, -0.1) is 3.71 Å². The minimum absolute atomic E-state index is 0. The third-order valence-corrected chi connectivity index (χ3v) is 12.7. The van der Waals surface area contributed by atoms with Gasteiger partial charge in [0, 0.05) is 18.2 Å². The Hall–Kier alpha value is -6.03. The maximum atomic E-state index is 12.8. The molecule has 0 spiro atoms. The fraction of sp³-hybridized carbons (Fsp3) is 0.364. The largest absolute Gasteiger partial charge is 0.382 e. The van der Waals surface area contributed by atoms with Crippen LogP contribution in [0.2, 0.25) is 15.1 Å². The summed E-state index contributed by atoms with van der Waals surface area (Å²) in [5.41, 5.74) is 3.10. The molecular weight excluding hydrogens is 1070 g/mol. The molecule has 36 heteroatoms. The highest BCUT2D eigenvalue weighted by atomic mass is 35.5. The van der Waals surface area contributed by atoms with E-state index in [-0.39, 0.29) is 65.3 Å². The molecule has 6 rings (SSSR count). The van der Waals surface area contributed by atoms with Crippen LogP contribution in [0.1, 0.15) is 21.3 Å². The molecule has 0 saturated carbocycles. The third kappa shape index (κ3) is 14.0. The minimum Gasteiger partial charge on any atom is -0.382 e. The highest BCUT2D eigenvalue weighted by Crippen LogP contribution is 2.41. The SMILES string of the molecule is C.CC.CS(=O)(=O)N(c1nn(CC(F)F)c2c([N+](=O)[O-])ccc(Cl)c12)S(C)(=O)=O.CS(=O)(=O)Nc1nn(CC(F)F)c2c([N+](=O)[O-])ccc(Cl)c12.Nc1nn(CC(F)F)c2c([N+](=O)[O-])ccc(Cl)c12. The maximum absolute atomic E-state index is 12.8. The second kappa shape index (κ2) is 23.1. The summed E-state index contributed by atoms with van der Waals surface area (Å²) in [4.78, 5) is 30.8. The van der Waals surface area contributed by atoms with Gasteiger partial charge >= 0.3 is 0 Å².